The maximum Gasteiger partial charge on any atom is 0.276 e. The molecule has 128 valence electrons. The Bertz CT molecular complexity index is 709. The van der Waals surface area contributed by atoms with E-state index in [1.807, 2.05) is 12.1 Å². The summed E-state index contributed by atoms with van der Waals surface area (Å²) < 4.78 is 10.3. The zero-order chi connectivity index (χ0) is 17.1. The molecule has 0 saturated carbocycles. The first-order valence-electron chi connectivity index (χ1n) is 7.70. The van der Waals surface area contributed by atoms with Gasteiger partial charge in [-0.3, -0.25) is 4.79 Å². The molecule has 1 aliphatic rings. The van der Waals surface area contributed by atoms with Crippen LogP contribution in [0, 0.1) is 6.92 Å². The summed E-state index contributed by atoms with van der Waals surface area (Å²) in [6, 6.07) is 3.70. The molecule has 1 fully saturated rings. The quantitative estimate of drug-likeness (QED) is 0.841. The Morgan fingerprint density at radius 1 is 1.33 bits per heavy atom. The van der Waals surface area contributed by atoms with E-state index in [-0.39, 0.29) is 5.91 Å². The van der Waals surface area contributed by atoms with E-state index in [4.69, 9.17) is 20.9 Å². The van der Waals surface area contributed by atoms with Gasteiger partial charge in [0.1, 0.15) is 11.6 Å². The van der Waals surface area contributed by atoms with E-state index in [9.17, 15) is 4.79 Å². The number of rotatable bonds is 4. The lowest BCUT2D eigenvalue weighted by Crippen LogP contribution is -2.49. The number of carbonyl (C=O) groups is 1. The topological polar surface area (TPSA) is 71.7 Å². The molecule has 3 rings (SSSR count). The van der Waals surface area contributed by atoms with Crippen molar-refractivity contribution in [3.63, 3.8) is 0 Å². The van der Waals surface area contributed by atoms with E-state index < -0.39 is 0 Å². The maximum absolute atomic E-state index is 12.7. The van der Waals surface area contributed by atoms with Crippen LogP contribution in [0.2, 0.25) is 5.02 Å². The molecule has 2 aromatic heterocycles. The average molecular weight is 351 g/mol. The minimum Gasteiger partial charge on any atom is -0.380 e. The minimum absolute atomic E-state index is 0.123. The fourth-order valence-electron chi connectivity index (χ4n) is 2.72. The van der Waals surface area contributed by atoms with Crippen LogP contribution >= 0.6 is 11.6 Å². The molecule has 2 aromatic rings. The number of ether oxygens (including phenoxy) is 1. The van der Waals surface area contributed by atoms with Crippen LogP contribution in [-0.2, 0) is 11.3 Å². The van der Waals surface area contributed by atoms with Crippen molar-refractivity contribution in [2.24, 2.45) is 0 Å². The summed E-state index contributed by atoms with van der Waals surface area (Å²) in [7, 11) is 1.58. The van der Waals surface area contributed by atoms with Gasteiger partial charge in [-0.05, 0) is 19.1 Å². The summed E-state index contributed by atoms with van der Waals surface area (Å²) in [5, 5.41) is 4.52. The summed E-state index contributed by atoms with van der Waals surface area (Å²) >= 11 is 5.87. The van der Waals surface area contributed by atoms with Crippen LogP contribution in [0.4, 0.5) is 5.82 Å². The Hall–Kier alpha value is -2.12. The van der Waals surface area contributed by atoms with Crippen molar-refractivity contribution in [1.82, 2.24) is 15.0 Å². The third kappa shape index (κ3) is 3.37. The lowest BCUT2D eigenvalue weighted by molar-refractivity contribution is 0.0732. The molecule has 0 aromatic carbocycles. The van der Waals surface area contributed by atoms with Crippen molar-refractivity contribution in [1.29, 1.82) is 0 Å². The van der Waals surface area contributed by atoms with E-state index in [2.05, 4.69) is 15.0 Å². The standard InChI is InChI=1S/C16H19ClN4O3/c1-11-13(10-23-2)15(19-24-11)16(22)21-7-5-20(6-8-21)14-4-3-12(17)9-18-14/h3-4,9H,5-8,10H2,1-2H3. The van der Waals surface area contributed by atoms with E-state index >= 15 is 0 Å². The first-order valence-corrected chi connectivity index (χ1v) is 8.08. The minimum atomic E-state index is -0.123. The lowest BCUT2D eigenvalue weighted by atomic mass is 10.1. The Labute approximate surface area is 145 Å². The van der Waals surface area contributed by atoms with Gasteiger partial charge in [0.25, 0.3) is 5.91 Å². The number of hydrogen-bond acceptors (Lipinski definition) is 6. The number of amides is 1. The molecule has 0 bridgehead atoms. The molecule has 0 aliphatic carbocycles. The highest BCUT2D eigenvalue weighted by Crippen LogP contribution is 2.19. The number of hydrogen-bond donors (Lipinski definition) is 0. The largest absolute Gasteiger partial charge is 0.380 e. The molecular weight excluding hydrogens is 332 g/mol. The van der Waals surface area contributed by atoms with Gasteiger partial charge in [-0.2, -0.15) is 0 Å². The number of pyridine rings is 1. The molecule has 7 nitrogen and oxygen atoms in total. The van der Waals surface area contributed by atoms with Crippen molar-refractivity contribution in [3.05, 3.63) is 40.4 Å². The summed E-state index contributed by atoms with van der Waals surface area (Å²) in [6.07, 6.45) is 1.63. The molecule has 1 saturated heterocycles. The number of piperazine rings is 1. The molecule has 1 amide bonds. The SMILES string of the molecule is COCc1c(C(=O)N2CCN(c3ccc(Cl)cn3)CC2)noc1C. The number of methoxy groups -OCH3 is 1. The highest BCUT2D eigenvalue weighted by Gasteiger charge is 2.27. The monoisotopic (exact) mass is 350 g/mol. The van der Waals surface area contributed by atoms with Crippen molar-refractivity contribution < 1.29 is 14.1 Å². The van der Waals surface area contributed by atoms with Gasteiger partial charge in [-0.25, -0.2) is 4.98 Å². The predicted molar refractivity (Wildman–Crippen MR) is 89.3 cm³/mol. The summed E-state index contributed by atoms with van der Waals surface area (Å²) in [5.74, 6) is 1.36. The van der Waals surface area contributed by atoms with Crippen molar-refractivity contribution in [2.45, 2.75) is 13.5 Å². The number of aromatic nitrogens is 2. The van der Waals surface area contributed by atoms with Crippen molar-refractivity contribution in [3.8, 4) is 0 Å². The predicted octanol–water partition coefficient (Wildman–Crippen LogP) is 2.14. The molecule has 0 atom stereocenters. The van der Waals surface area contributed by atoms with E-state index in [0.717, 1.165) is 5.82 Å². The molecule has 0 N–H and O–H groups in total. The van der Waals surface area contributed by atoms with Crippen LogP contribution in [0.3, 0.4) is 0 Å². The Morgan fingerprint density at radius 3 is 2.71 bits per heavy atom. The van der Waals surface area contributed by atoms with Crippen LogP contribution in [0.1, 0.15) is 21.8 Å². The normalized spacial score (nSPS) is 15.0. The number of carbonyl (C=O) groups excluding carboxylic acids is 1. The molecular formula is C16H19ClN4O3. The zero-order valence-corrected chi connectivity index (χ0v) is 14.4. The number of nitrogens with zero attached hydrogens (tertiary/aromatic N) is 4. The van der Waals surface area contributed by atoms with Gasteiger partial charge in [0.05, 0.1) is 17.2 Å². The third-order valence-corrected chi connectivity index (χ3v) is 4.30. The number of halogens is 1. The van der Waals surface area contributed by atoms with Gasteiger partial charge in [-0.1, -0.05) is 16.8 Å². The maximum atomic E-state index is 12.7. The first kappa shape index (κ1) is 16.7. The Morgan fingerprint density at radius 2 is 2.08 bits per heavy atom. The summed E-state index contributed by atoms with van der Waals surface area (Å²) in [5.41, 5.74) is 1.05. The fourth-order valence-corrected chi connectivity index (χ4v) is 2.83. The van der Waals surface area contributed by atoms with Crippen LogP contribution in [-0.4, -0.2) is 54.2 Å². The van der Waals surface area contributed by atoms with Gasteiger partial charge < -0.3 is 19.1 Å². The van der Waals surface area contributed by atoms with E-state index in [1.165, 1.54) is 0 Å². The third-order valence-electron chi connectivity index (χ3n) is 4.08. The first-order chi connectivity index (χ1) is 11.6. The van der Waals surface area contributed by atoms with Gasteiger partial charge in [-0.15, -0.1) is 0 Å². The van der Waals surface area contributed by atoms with Gasteiger partial charge >= 0.3 is 0 Å². The number of aryl methyl sites for hydroxylation is 1. The van der Waals surface area contributed by atoms with Crippen LogP contribution in [0.5, 0.6) is 0 Å². The van der Waals surface area contributed by atoms with Gasteiger partial charge in [0.2, 0.25) is 0 Å². The Balaban J connectivity index is 1.66. The second kappa shape index (κ2) is 7.19. The van der Waals surface area contributed by atoms with Crippen LogP contribution < -0.4 is 4.90 Å². The van der Waals surface area contributed by atoms with E-state index in [0.29, 0.717) is 54.8 Å². The van der Waals surface area contributed by atoms with E-state index in [1.54, 1.807) is 25.1 Å². The lowest BCUT2D eigenvalue weighted by Gasteiger charge is -2.35. The average Bonchev–Trinajstić information content (AvgIpc) is 2.96. The fraction of sp³-hybridized carbons (Fsp3) is 0.438. The van der Waals surface area contributed by atoms with Crippen molar-refractivity contribution in [2.75, 3.05) is 38.2 Å². The van der Waals surface area contributed by atoms with Crippen LogP contribution in [0.25, 0.3) is 0 Å². The highest BCUT2D eigenvalue weighted by atomic mass is 35.5. The second-order valence-electron chi connectivity index (χ2n) is 5.61. The second-order valence-corrected chi connectivity index (χ2v) is 6.05. The van der Waals surface area contributed by atoms with Crippen molar-refractivity contribution >= 4 is 23.3 Å². The zero-order valence-electron chi connectivity index (χ0n) is 13.7. The Kier molecular flexibility index (Phi) is 5.01. The van der Waals surface area contributed by atoms with Crippen LogP contribution in [0.15, 0.2) is 22.9 Å². The number of anilines is 1. The summed E-state index contributed by atoms with van der Waals surface area (Å²) in [4.78, 5) is 20.9. The molecule has 1 aliphatic heterocycles. The highest BCUT2D eigenvalue weighted by molar-refractivity contribution is 6.30. The molecule has 0 unspecified atom stereocenters. The van der Waals surface area contributed by atoms with Gasteiger partial charge in [0.15, 0.2) is 5.69 Å². The van der Waals surface area contributed by atoms with Gasteiger partial charge in [0, 0.05) is 39.5 Å². The molecule has 8 heteroatoms. The smallest absolute Gasteiger partial charge is 0.276 e. The molecule has 0 spiro atoms. The molecule has 3 heterocycles. The summed E-state index contributed by atoms with van der Waals surface area (Å²) in [6.45, 7) is 4.70. The molecule has 24 heavy (non-hydrogen) atoms. The molecule has 0 radical (unpaired) electrons.